The molecule has 1 saturated heterocycles. The highest BCUT2D eigenvalue weighted by molar-refractivity contribution is 5.79. The lowest BCUT2D eigenvalue weighted by molar-refractivity contribution is -0.146. The standard InChI is InChI=1S/C17H23NO3/c1-4-18-15(19)7-5-6-14(17(20)21)16(18)13-9-8-11(2)12(3)10-13/h8-10,14,16H,4-7H2,1-3H3,(H,20,21). The molecule has 1 aliphatic rings. The second-order valence-corrected chi connectivity index (χ2v) is 5.81. The summed E-state index contributed by atoms with van der Waals surface area (Å²) in [5.41, 5.74) is 3.24. The number of hydrogen-bond acceptors (Lipinski definition) is 2. The van der Waals surface area contributed by atoms with Crippen molar-refractivity contribution in [2.75, 3.05) is 6.54 Å². The number of nitrogens with zero attached hydrogens (tertiary/aromatic N) is 1. The molecular formula is C17H23NO3. The zero-order valence-corrected chi connectivity index (χ0v) is 12.9. The molecule has 0 bridgehead atoms. The van der Waals surface area contributed by atoms with Gasteiger partial charge in [-0.15, -0.1) is 0 Å². The van der Waals surface area contributed by atoms with Crippen molar-refractivity contribution in [2.24, 2.45) is 5.92 Å². The van der Waals surface area contributed by atoms with E-state index >= 15 is 0 Å². The molecule has 0 radical (unpaired) electrons. The monoisotopic (exact) mass is 289 g/mol. The second kappa shape index (κ2) is 6.29. The van der Waals surface area contributed by atoms with Gasteiger partial charge >= 0.3 is 5.97 Å². The Bertz CT molecular complexity index is 551. The fraction of sp³-hybridized carbons (Fsp3) is 0.529. The van der Waals surface area contributed by atoms with E-state index < -0.39 is 11.9 Å². The molecule has 1 aliphatic heterocycles. The van der Waals surface area contributed by atoms with Gasteiger partial charge in [0, 0.05) is 13.0 Å². The number of carbonyl (C=O) groups is 2. The van der Waals surface area contributed by atoms with Gasteiger partial charge in [0.25, 0.3) is 0 Å². The highest BCUT2D eigenvalue weighted by atomic mass is 16.4. The van der Waals surface area contributed by atoms with E-state index in [0.717, 1.165) is 11.1 Å². The molecule has 2 unspecified atom stereocenters. The van der Waals surface area contributed by atoms with Crippen LogP contribution in [0.1, 0.15) is 48.9 Å². The summed E-state index contributed by atoms with van der Waals surface area (Å²) in [4.78, 5) is 25.7. The molecule has 114 valence electrons. The predicted octanol–water partition coefficient (Wildman–Crippen LogP) is 3.08. The summed E-state index contributed by atoms with van der Waals surface area (Å²) in [6.45, 7) is 6.50. The van der Waals surface area contributed by atoms with Gasteiger partial charge in [-0.2, -0.15) is 0 Å². The molecule has 1 amide bonds. The van der Waals surface area contributed by atoms with Crippen LogP contribution in [0.15, 0.2) is 18.2 Å². The molecule has 1 fully saturated rings. The minimum Gasteiger partial charge on any atom is -0.481 e. The Morgan fingerprint density at radius 3 is 2.62 bits per heavy atom. The maximum absolute atomic E-state index is 12.3. The zero-order valence-electron chi connectivity index (χ0n) is 12.9. The number of carboxylic acid groups (broad SMARTS) is 1. The molecular weight excluding hydrogens is 266 g/mol. The van der Waals surface area contributed by atoms with Crippen molar-refractivity contribution in [1.82, 2.24) is 4.90 Å². The van der Waals surface area contributed by atoms with E-state index in [-0.39, 0.29) is 11.9 Å². The molecule has 0 saturated carbocycles. The third kappa shape index (κ3) is 3.09. The van der Waals surface area contributed by atoms with Gasteiger partial charge in [0.05, 0.1) is 12.0 Å². The third-order valence-corrected chi connectivity index (χ3v) is 4.47. The number of carbonyl (C=O) groups excluding carboxylic acids is 1. The molecule has 2 atom stereocenters. The van der Waals surface area contributed by atoms with Crippen LogP contribution in [0.25, 0.3) is 0 Å². The first-order valence-corrected chi connectivity index (χ1v) is 7.55. The van der Waals surface area contributed by atoms with Crippen LogP contribution in [0.3, 0.4) is 0 Å². The topological polar surface area (TPSA) is 57.6 Å². The predicted molar refractivity (Wildman–Crippen MR) is 81.0 cm³/mol. The normalized spacial score (nSPS) is 23.0. The Balaban J connectivity index is 2.50. The van der Waals surface area contributed by atoms with Crippen LogP contribution in [0.5, 0.6) is 0 Å². The van der Waals surface area contributed by atoms with Crippen LogP contribution in [0.4, 0.5) is 0 Å². The number of rotatable bonds is 3. The molecule has 4 nitrogen and oxygen atoms in total. The van der Waals surface area contributed by atoms with Gasteiger partial charge in [-0.3, -0.25) is 9.59 Å². The fourth-order valence-corrected chi connectivity index (χ4v) is 3.14. The molecule has 1 aromatic rings. The van der Waals surface area contributed by atoms with Gasteiger partial charge < -0.3 is 10.0 Å². The van der Waals surface area contributed by atoms with E-state index in [1.807, 2.05) is 39.0 Å². The molecule has 1 aromatic carbocycles. The van der Waals surface area contributed by atoms with E-state index in [4.69, 9.17) is 0 Å². The highest BCUT2D eigenvalue weighted by Gasteiger charge is 2.37. The Kier molecular flexibility index (Phi) is 4.66. The maximum atomic E-state index is 12.3. The number of aryl methyl sites for hydroxylation is 2. The third-order valence-electron chi connectivity index (χ3n) is 4.47. The van der Waals surface area contributed by atoms with Crippen LogP contribution in [0, 0.1) is 19.8 Å². The number of benzene rings is 1. The summed E-state index contributed by atoms with van der Waals surface area (Å²) < 4.78 is 0. The molecule has 0 aliphatic carbocycles. The van der Waals surface area contributed by atoms with Crippen molar-refractivity contribution in [3.05, 3.63) is 34.9 Å². The molecule has 21 heavy (non-hydrogen) atoms. The zero-order chi connectivity index (χ0) is 15.6. The van der Waals surface area contributed by atoms with E-state index in [1.165, 1.54) is 5.56 Å². The molecule has 1 N–H and O–H groups in total. The Labute approximate surface area is 125 Å². The quantitative estimate of drug-likeness (QED) is 0.930. The summed E-state index contributed by atoms with van der Waals surface area (Å²) in [6.07, 6.45) is 1.64. The highest BCUT2D eigenvalue weighted by Crippen LogP contribution is 2.36. The van der Waals surface area contributed by atoms with Crippen molar-refractivity contribution in [3.8, 4) is 0 Å². The van der Waals surface area contributed by atoms with Crippen LogP contribution in [0.2, 0.25) is 0 Å². The molecule has 2 rings (SSSR count). The van der Waals surface area contributed by atoms with Crippen molar-refractivity contribution in [3.63, 3.8) is 0 Å². The van der Waals surface area contributed by atoms with E-state index in [0.29, 0.717) is 25.8 Å². The smallest absolute Gasteiger partial charge is 0.308 e. The van der Waals surface area contributed by atoms with Gasteiger partial charge in [0.2, 0.25) is 5.91 Å². The molecule has 0 spiro atoms. The maximum Gasteiger partial charge on any atom is 0.308 e. The summed E-state index contributed by atoms with van der Waals surface area (Å²) in [5.74, 6) is -1.28. The average Bonchev–Trinajstić information content (AvgIpc) is 2.60. The molecule has 0 aromatic heterocycles. The molecule has 4 heteroatoms. The summed E-state index contributed by atoms with van der Waals surface area (Å²) in [5, 5.41) is 9.58. The lowest BCUT2D eigenvalue weighted by atomic mass is 9.88. The van der Waals surface area contributed by atoms with Crippen LogP contribution < -0.4 is 0 Å². The summed E-state index contributed by atoms with van der Waals surface area (Å²) in [7, 11) is 0. The van der Waals surface area contributed by atoms with E-state index in [9.17, 15) is 14.7 Å². The van der Waals surface area contributed by atoms with Crippen molar-refractivity contribution in [1.29, 1.82) is 0 Å². The van der Waals surface area contributed by atoms with Gasteiger partial charge in [0.15, 0.2) is 0 Å². The van der Waals surface area contributed by atoms with E-state index in [2.05, 4.69) is 0 Å². The first-order valence-electron chi connectivity index (χ1n) is 7.55. The summed E-state index contributed by atoms with van der Waals surface area (Å²) in [6, 6.07) is 5.63. The van der Waals surface area contributed by atoms with Crippen LogP contribution in [-0.2, 0) is 9.59 Å². The van der Waals surface area contributed by atoms with Gasteiger partial charge in [-0.05, 0) is 50.3 Å². The van der Waals surface area contributed by atoms with Crippen LogP contribution >= 0.6 is 0 Å². The first-order chi connectivity index (χ1) is 9.95. The average molecular weight is 289 g/mol. The number of likely N-dealkylation sites (tertiary alicyclic amines) is 1. The minimum absolute atomic E-state index is 0.0597. The summed E-state index contributed by atoms with van der Waals surface area (Å²) >= 11 is 0. The lowest BCUT2D eigenvalue weighted by Crippen LogP contribution is -2.38. The van der Waals surface area contributed by atoms with Gasteiger partial charge in [-0.25, -0.2) is 0 Å². The number of amides is 1. The van der Waals surface area contributed by atoms with E-state index in [1.54, 1.807) is 4.90 Å². The largest absolute Gasteiger partial charge is 0.481 e. The number of carboxylic acids is 1. The van der Waals surface area contributed by atoms with Gasteiger partial charge in [-0.1, -0.05) is 18.2 Å². The minimum atomic E-state index is -0.814. The van der Waals surface area contributed by atoms with Crippen molar-refractivity contribution < 1.29 is 14.7 Å². The van der Waals surface area contributed by atoms with Crippen molar-refractivity contribution in [2.45, 2.75) is 46.1 Å². The van der Waals surface area contributed by atoms with Gasteiger partial charge in [0.1, 0.15) is 0 Å². The van der Waals surface area contributed by atoms with Crippen LogP contribution in [-0.4, -0.2) is 28.4 Å². The Hall–Kier alpha value is -1.84. The number of hydrogen-bond donors (Lipinski definition) is 1. The number of aliphatic carboxylic acids is 1. The first kappa shape index (κ1) is 15.5. The Morgan fingerprint density at radius 2 is 2.05 bits per heavy atom. The second-order valence-electron chi connectivity index (χ2n) is 5.81. The lowest BCUT2D eigenvalue weighted by Gasteiger charge is -2.33. The SMILES string of the molecule is CCN1C(=O)CCCC(C(=O)O)C1c1ccc(C)c(C)c1. The fourth-order valence-electron chi connectivity index (χ4n) is 3.14. The Morgan fingerprint density at radius 1 is 1.33 bits per heavy atom. The van der Waals surface area contributed by atoms with Crippen molar-refractivity contribution >= 4 is 11.9 Å². The molecule has 1 heterocycles.